The summed E-state index contributed by atoms with van der Waals surface area (Å²) in [5.74, 6) is 1.25. The molecule has 17 heavy (non-hydrogen) atoms. The maximum atomic E-state index is 11.6. The molecule has 100 valence electrons. The summed E-state index contributed by atoms with van der Waals surface area (Å²) in [7, 11) is 0. The Morgan fingerprint density at radius 3 is 2.76 bits per heavy atom. The molecule has 0 aromatic carbocycles. The molecule has 0 aromatic rings. The number of hydrogen-bond acceptors (Lipinski definition) is 3. The SMILES string of the molecule is CC(C)C(C)NC(=O)CNCCC1CCOC1. The summed E-state index contributed by atoms with van der Waals surface area (Å²) in [6.45, 7) is 9.37. The molecule has 1 aliphatic heterocycles. The van der Waals surface area contributed by atoms with Crippen LogP contribution >= 0.6 is 0 Å². The maximum absolute atomic E-state index is 11.6. The highest BCUT2D eigenvalue weighted by Crippen LogP contribution is 2.14. The fourth-order valence-corrected chi connectivity index (χ4v) is 1.79. The minimum Gasteiger partial charge on any atom is -0.381 e. The molecule has 1 fully saturated rings. The number of amides is 1. The van der Waals surface area contributed by atoms with Crippen LogP contribution in [0.3, 0.4) is 0 Å². The molecule has 0 aliphatic carbocycles. The first-order chi connectivity index (χ1) is 8.09. The zero-order valence-electron chi connectivity index (χ0n) is 11.3. The van der Waals surface area contributed by atoms with Crippen molar-refractivity contribution < 1.29 is 9.53 Å². The number of nitrogens with one attached hydrogen (secondary N) is 2. The number of hydrogen-bond donors (Lipinski definition) is 2. The zero-order chi connectivity index (χ0) is 12.7. The highest BCUT2D eigenvalue weighted by atomic mass is 16.5. The molecular weight excluding hydrogens is 216 g/mol. The number of carbonyl (C=O) groups is 1. The second-order valence-electron chi connectivity index (χ2n) is 5.30. The molecule has 1 aliphatic rings. The topological polar surface area (TPSA) is 50.4 Å². The van der Waals surface area contributed by atoms with Gasteiger partial charge in [0, 0.05) is 19.3 Å². The van der Waals surface area contributed by atoms with Crippen LogP contribution < -0.4 is 10.6 Å². The third kappa shape index (κ3) is 6.03. The van der Waals surface area contributed by atoms with Gasteiger partial charge in [0.2, 0.25) is 5.91 Å². The molecular formula is C13H26N2O2. The van der Waals surface area contributed by atoms with Gasteiger partial charge in [0.05, 0.1) is 6.54 Å². The van der Waals surface area contributed by atoms with Crippen LogP contribution in [0.1, 0.15) is 33.6 Å². The third-order valence-corrected chi connectivity index (χ3v) is 3.43. The van der Waals surface area contributed by atoms with E-state index in [1.807, 2.05) is 6.92 Å². The standard InChI is InChI=1S/C13H26N2O2/c1-10(2)11(3)15-13(16)8-14-6-4-12-5-7-17-9-12/h10-12,14H,4-9H2,1-3H3,(H,15,16). The molecule has 1 rings (SSSR count). The minimum atomic E-state index is 0.0915. The van der Waals surface area contributed by atoms with E-state index < -0.39 is 0 Å². The van der Waals surface area contributed by atoms with E-state index in [0.717, 1.165) is 32.6 Å². The Morgan fingerprint density at radius 1 is 1.41 bits per heavy atom. The van der Waals surface area contributed by atoms with E-state index in [0.29, 0.717) is 18.4 Å². The summed E-state index contributed by atoms with van der Waals surface area (Å²) in [6, 6.07) is 0.243. The molecule has 0 aromatic heterocycles. The van der Waals surface area contributed by atoms with Crippen molar-refractivity contribution >= 4 is 5.91 Å². The molecule has 0 saturated carbocycles. The Kier molecular flexibility index (Phi) is 6.52. The van der Waals surface area contributed by atoms with Gasteiger partial charge >= 0.3 is 0 Å². The van der Waals surface area contributed by atoms with Crippen molar-refractivity contribution in [1.82, 2.24) is 10.6 Å². The van der Waals surface area contributed by atoms with Gasteiger partial charge in [-0.3, -0.25) is 4.79 Å². The molecule has 4 heteroatoms. The second-order valence-corrected chi connectivity index (χ2v) is 5.30. The van der Waals surface area contributed by atoms with Gasteiger partial charge in [0.1, 0.15) is 0 Å². The van der Waals surface area contributed by atoms with Gasteiger partial charge in [-0.1, -0.05) is 13.8 Å². The third-order valence-electron chi connectivity index (χ3n) is 3.43. The van der Waals surface area contributed by atoms with Gasteiger partial charge in [-0.15, -0.1) is 0 Å². The maximum Gasteiger partial charge on any atom is 0.234 e. The fourth-order valence-electron chi connectivity index (χ4n) is 1.79. The Labute approximate surface area is 104 Å². The van der Waals surface area contributed by atoms with Crippen molar-refractivity contribution in [1.29, 1.82) is 0 Å². The van der Waals surface area contributed by atoms with E-state index in [2.05, 4.69) is 24.5 Å². The van der Waals surface area contributed by atoms with Crippen molar-refractivity contribution in [2.24, 2.45) is 11.8 Å². The van der Waals surface area contributed by atoms with E-state index in [1.165, 1.54) is 0 Å². The summed E-state index contributed by atoms with van der Waals surface area (Å²) in [5.41, 5.74) is 0. The van der Waals surface area contributed by atoms with Crippen molar-refractivity contribution in [3.05, 3.63) is 0 Å². The van der Waals surface area contributed by atoms with Gasteiger partial charge in [0.25, 0.3) is 0 Å². The van der Waals surface area contributed by atoms with E-state index in [-0.39, 0.29) is 11.9 Å². The summed E-state index contributed by atoms with van der Waals surface area (Å²) in [4.78, 5) is 11.6. The van der Waals surface area contributed by atoms with Crippen molar-refractivity contribution in [3.8, 4) is 0 Å². The molecule has 2 N–H and O–H groups in total. The van der Waals surface area contributed by atoms with Crippen LogP contribution in [0.25, 0.3) is 0 Å². The van der Waals surface area contributed by atoms with Crippen LogP contribution in [0.15, 0.2) is 0 Å². The highest BCUT2D eigenvalue weighted by Gasteiger charge is 2.15. The van der Waals surface area contributed by atoms with Crippen LogP contribution in [0.2, 0.25) is 0 Å². The summed E-state index contributed by atoms with van der Waals surface area (Å²) in [6.07, 6.45) is 2.27. The Morgan fingerprint density at radius 2 is 2.18 bits per heavy atom. The second kappa shape index (κ2) is 7.67. The van der Waals surface area contributed by atoms with E-state index >= 15 is 0 Å². The Bertz CT molecular complexity index is 225. The largest absolute Gasteiger partial charge is 0.381 e. The average Bonchev–Trinajstić information content (AvgIpc) is 2.77. The van der Waals surface area contributed by atoms with E-state index in [1.54, 1.807) is 0 Å². The Balaban J connectivity index is 1.99. The number of ether oxygens (including phenoxy) is 1. The normalized spacial score (nSPS) is 21.8. The first-order valence-corrected chi connectivity index (χ1v) is 6.67. The van der Waals surface area contributed by atoms with Gasteiger partial charge in [0.15, 0.2) is 0 Å². The molecule has 4 nitrogen and oxygen atoms in total. The molecule has 2 atom stereocenters. The van der Waals surface area contributed by atoms with Crippen LogP contribution in [-0.2, 0) is 9.53 Å². The number of rotatable bonds is 7. The Hall–Kier alpha value is -0.610. The lowest BCUT2D eigenvalue weighted by Gasteiger charge is -2.17. The lowest BCUT2D eigenvalue weighted by Crippen LogP contribution is -2.41. The predicted octanol–water partition coefficient (Wildman–Crippen LogP) is 1.16. The highest BCUT2D eigenvalue weighted by molar-refractivity contribution is 5.78. The van der Waals surface area contributed by atoms with E-state index in [9.17, 15) is 4.79 Å². The van der Waals surface area contributed by atoms with Crippen LogP contribution in [-0.4, -0.2) is 38.3 Å². The van der Waals surface area contributed by atoms with Crippen LogP contribution in [0, 0.1) is 11.8 Å². The van der Waals surface area contributed by atoms with Gasteiger partial charge < -0.3 is 15.4 Å². The van der Waals surface area contributed by atoms with Gasteiger partial charge in [-0.25, -0.2) is 0 Å². The van der Waals surface area contributed by atoms with Crippen molar-refractivity contribution in [2.75, 3.05) is 26.3 Å². The lowest BCUT2D eigenvalue weighted by molar-refractivity contribution is -0.121. The summed E-state index contributed by atoms with van der Waals surface area (Å²) in [5, 5.41) is 6.17. The molecule has 0 bridgehead atoms. The first-order valence-electron chi connectivity index (χ1n) is 6.67. The van der Waals surface area contributed by atoms with Crippen LogP contribution in [0.5, 0.6) is 0 Å². The molecule has 0 spiro atoms. The number of carbonyl (C=O) groups excluding carboxylic acids is 1. The fraction of sp³-hybridized carbons (Fsp3) is 0.923. The minimum absolute atomic E-state index is 0.0915. The molecule has 1 saturated heterocycles. The lowest BCUT2D eigenvalue weighted by atomic mass is 10.1. The first kappa shape index (κ1) is 14.5. The molecule has 2 unspecified atom stereocenters. The predicted molar refractivity (Wildman–Crippen MR) is 68.9 cm³/mol. The van der Waals surface area contributed by atoms with Gasteiger partial charge in [-0.05, 0) is 38.1 Å². The molecule has 1 heterocycles. The molecule has 0 radical (unpaired) electrons. The molecule has 1 amide bonds. The van der Waals surface area contributed by atoms with Crippen molar-refractivity contribution in [3.63, 3.8) is 0 Å². The monoisotopic (exact) mass is 242 g/mol. The zero-order valence-corrected chi connectivity index (χ0v) is 11.3. The average molecular weight is 242 g/mol. The van der Waals surface area contributed by atoms with E-state index in [4.69, 9.17) is 4.74 Å². The van der Waals surface area contributed by atoms with Gasteiger partial charge in [-0.2, -0.15) is 0 Å². The summed E-state index contributed by atoms with van der Waals surface area (Å²) < 4.78 is 5.31. The summed E-state index contributed by atoms with van der Waals surface area (Å²) >= 11 is 0. The van der Waals surface area contributed by atoms with Crippen molar-refractivity contribution in [2.45, 2.75) is 39.7 Å². The van der Waals surface area contributed by atoms with Crippen LogP contribution in [0.4, 0.5) is 0 Å². The smallest absolute Gasteiger partial charge is 0.234 e. The quantitative estimate of drug-likeness (QED) is 0.659.